The Morgan fingerprint density at radius 3 is 2.61 bits per heavy atom. The average Bonchev–Trinajstić information content (AvgIpc) is 2.76. The first-order valence-electron chi connectivity index (χ1n) is 6.20. The number of thiazole rings is 1. The van der Waals surface area contributed by atoms with Crippen molar-refractivity contribution in [2.45, 2.75) is 26.7 Å². The van der Waals surface area contributed by atoms with E-state index in [4.69, 9.17) is 0 Å². The summed E-state index contributed by atoms with van der Waals surface area (Å²) in [4.78, 5) is 4.56. The fourth-order valence-electron chi connectivity index (χ4n) is 2.13. The molecule has 96 valence electrons. The van der Waals surface area contributed by atoms with E-state index in [1.165, 1.54) is 16.8 Å². The maximum absolute atomic E-state index is 4.56. The van der Waals surface area contributed by atoms with Crippen molar-refractivity contribution in [1.82, 2.24) is 4.98 Å². The molecule has 0 fully saturated rings. The summed E-state index contributed by atoms with van der Waals surface area (Å²) >= 11 is 5.38. The average molecular weight is 324 g/mol. The number of aryl methyl sites for hydroxylation is 2. The SMILES string of the molecule is Cc1nc(CC(CBr)Cc2ccccc2C)cs1. The quantitative estimate of drug-likeness (QED) is 0.735. The molecular formula is C15H18BrNS. The first-order chi connectivity index (χ1) is 8.69. The lowest BCUT2D eigenvalue weighted by atomic mass is 9.94. The third kappa shape index (κ3) is 3.66. The van der Waals surface area contributed by atoms with Crippen LogP contribution in [0.3, 0.4) is 0 Å². The predicted octanol–water partition coefficient (Wildman–Crippen LogP) is 4.56. The van der Waals surface area contributed by atoms with Gasteiger partial charge in [0, 0.05) is 10.7 Å². The Bertz CT molecular complexity index is 507. The second-order valence-corrected chi connectivity index (χ2v) is 6.42. The molecule has 2 rings (SSSR count). The largest absolute Gasteiger partial charge is 0.247 e. The zero-order valence-corrected chi connectivity index (χ0v) is 13.2. The lowest BCUT2D eigenvalue weighted by molar-refractivity contribution is 0.582. The van der Waals surface area contributed by atoms with Crippen LogP contribution in [0.1, 0.15) is 21.8 Å². The Kier molecular flexibility index (Phi) is 4.95. The van der Waals surface area contributed by atoms with E-state index in [1.807, 2.05) is 0 Å². The van der Waals surface area contributed by atoms with Gasteiger partial charge in [-0.3, -0.25) is 0 Å². The summed E-state index contributed by atoms with van der Waals surface area (Å²) in [7, 11) is 0. The molecule has 3 heteroatoms. The second kappa shape index (κ2) is 6.48. The molecule has 0 radical (unpaired) electrons. The van der Waals surface area contributed by atoms with Gasteiger partial charge in [-0.05, 0) is 43.7 Å². The smallest absolute Gasteiger partial charge is 0.0897 e. The van der Waals surface area contributed by atoms with Crippen LogP contribution in [0.15, 0.2) is 29.6 Å². The minimum absolute atomic E-state index is 0.618. The van der Waals surface area contributed by atoms with Gasteiger partial charge in [0.05, 0.1) is 10.7 Å². The lowest BCUT2D eigenvalue weighted by Crippen LogP contribution is -2.11. The highest BCUT2D eigenvalue weighted by Gasteiger charge is 2.12. The maximum atomic E-state index is 4.56. The molecule has 1 nitrogen and oxygen atoms in total. The van der Waals surface area contributed by atoms with E-state index in [-0.39, 0.29) is 0 Å². The third-order valence-corrected chi connectivity index (χ3v) is 4.89. The summed E-state index contributed by atoms with van der Waals surface area (Å²) < 4.78 is 0. The van der Waals surface area contributed by atoms with E-state index in [0.717, 1.165) is 23.2 Å². The van der Waals surface area contributed by atoms with Gasteiger partial charge in [0.15, 0.2) is 0 Å². The van der Waals surface area contributed by atoms with Gasteiger partial charge in [-0.15, -0.1) is 11.3 Å². The number of benzene rings is 1. The highest BCUT2D eigenvalue weighted by molar-refractivity contribution is 9.09. The van der Waals surface area contributed by atoms with Gasteiger partial charge in [-0.25, -0.2) is 4.98 Å². The highest BCUT2D eigenvalue weighted by Crippen LogP contribution is 2.20. The van der Waals surface area contributed by atoms with E-state index in [2.05, 4.69) is 64.4 Å². The first kappa shape index (κ1) is 13.8. The fourth-order valence-corrected chi connectivity index (χ4v) is 3.21. The Morgan fingerprint density at radius 2 is 2.00 bits per heavy atom. The second-order valence-electron chi connectivity index (χ2n) is 4.71. The van der Waals surface area contributed by atoms with Crippen molar-refractivity contribution in [2.24, 2.45) is 5.92 Å². The number of aromatic nitrogens is 1. The van der Waals surface area contributed by atoms with Crippen molar-refractivity contribution < 1.29 is 0 Å². The molecule has 1 unspecified atom stereocenters. The normalized spacial score (nSPS) is 12.6. The predicted molar refractivity (Wildman–Crippen MR) is 82.7 cm³/mol. The Labute approximate surface area is 121 Å². The van der Waals surface area contributed by atoms with Crippen LogP contribution in [0.5, 0.6) is 0 Å². The zero-order chi connectivity index (χ0) is 13.0. The van der Waals surface area contributed by atoms with Crippen molar-refractivity contribution in [3.05, 3.63) is 51.5 Å². The summed E-state index contributed by atoms with van der Waals surface area (Å²) in [6.07, 6.45) is 2.18. The van der Waals surface area contributed by atoms with Crippen molar-refractivity contribution >= 4 is 27.3 Å². The molecule has 1 aromatic carbocycles. The van der Waals surface area contributed by atoms with Crippen molar-refractivity contribution in [1.29, 1.82) is 0 Å². The standard InChI is InChI=1S/C15H18BrNS/c1-11-5-3-4-6-14(11)7-13(9-16)8-15-10-18-12(2)17-15/h3-6,10,13H,7-9H2,1-2H3. The van der Waals surface area contributed by atoms with Crippen LogP contribution in [0.4, 0.5) is 0 Å². The number of rotatable bonds is 5. The maximum Gasteiger partial charge on any atom is 0.0897 e. The Balaban J connectivity index is 2.04. The Hall–Kier alpha value is -0.670. The van der Waals surface area contributed by atoms with Gasteiger partial charge in [0.1, 0.15) is 0 Å². The molecule has 2 aromatic rings. The van der Waals surface area contributed by atoms with E-state index in [9.17, 15) is 0 Å². The molecule has 1 heterocycles. The van der Waals surface area contributed by atoms with Crippen LogP contribution in [0.2, 0.25) is 0 Å². The summed E-state index contributed by atoms with van der Waals surface area (Å²) in [5.74, 6) is 0.618. The minimum atomic E-state index is 0.618. The zero-order valence-electron chi connectivity index (χ0n) is 10.8. The topological polar surface area (TPSA) is 12.9 Å². The summed E-state index contributed by atoms with van der Waals surface area (Å²) in [5, 5.41) is 4.37. The van der Waals surface area contributed by atoms with Gasteiger partial charge in [-0.1, -0.05) is 40.2 Å². The number of alkyl halides is 1. The molecule has 0 aliphatic rings. The summed E-state index contributed by atoms with van der Waals surface area (Å²) in [5.41, 5.74) is 4.07. The van der Waals surface area contributed by atoms with E-state index in [1.54, 1.807) is 11.3 Å². The molecule has 1 aromatic heterocycles. The third-order valence-electron chi connectivity index (χ3n) is 3.15. The van der Waals surface area contributed by atoms with Gasteiger partial charge in [-0.2, -0.15) is 0 Å². The number of halogens is 1. The molecule has 0 bridgehead atoms. The van der Waals surface area contributed by atoms with E-state index >= 15 is 0 Å². The van der Waals surface area contributed by atoms with Gasteiger partial charge in [0.25, 0.3) is 0 Å². The van der Waals surface area contributed by atoms with Crippen LogP contribution in [0.25, 0.3) is 0 Å². The van der Waals surface area contributed by atoms with Crippen LogP contribution in [-0.4, -0.2) is 10.3 Å². The molecule has 0 saturated carbocycles. The monoisotopic (exact) mass is 323 g/mol. The Morgan fingerprint density at radius 1 is 1.22 bits per heavy atom. The molecule has 0 saturated heterocycles. The van der Waals surface area contributed by atoms with Crippen LogP contribution >= 0.6 is 27.3 Å². The van der Waals surface area contributed by atoms with Crippen molar-refractivity contribution in [3.8, 4) is 0 Å². The van der Waals surface area contributed by atoms with Crippen molar-refractivity contribution in [3.63, 3.8) is 0 Å². The molecule has 0 spiro atoms. The van der Waals surface area contributed by atoms with Gasteiger partial charge >= 0.3 is 0 Å². The number of hydrogen-bond donors (Lipinski definition) is 0. The molecular weight excluding hydrogens is 306 g/mol. The molecule has 0 aliphatic carbocycles. The van der Waals surface area contributed by atoms with Crippen LogP contribution in [0, 0.1) is 19.8 Å². The highest BCUT2D eigenvalue weighted by atomic mass is 79.9. The summed E-state index contributed by atoms with van der Waals surface area (Å²) in [6.45, 7) is 4.26. The van der Waals surface area contributed by atoms with Crippen molar-refractivity contribution in [2.75, 3.05) is 5.33 Å². The molecule has 0 N–H and O–H groups in total. The van der Waals surface area contributed by atoms with E-state index < -0.39 is 0 Å². The van der Waals surface area contributed by atoms with Crippen LogP contribution in [-0.2, 0) is 12.8 Å². The van der Waals surface area contributed by atoms with Gasteiger partial charge < -0.3 is 0 Å². The summed E-state index contributed by atoms with van der Waals surface area (Å²) in [6, 6.07) is 8.65. The molecule has 18 heavy (non-hydrogen) atoms. The fraction of sp³-hybridized carbons (Fsp3) is 0.400. The van der Waals surface area contributed by atoms with E-state index in [0.29, 0.717) is 5.92 Å². The van der Waals surface area contributed by atoms with Crippen LogP contribution < -0.4 is 0 Å². The minimum Gasteiger partial charge on any atom is -0.247 e. The number of nitrogens with zero attached hydrogens (tertiary/aromatic N) is 1. The molecule has 0 aliphatic heterocycles. The molecule has 1 atom stereocenters. The van der Waals surface area contributed by atoms with Gasteiger partial charge in [0.2, 0.25) is 0 Å². The number of hydrogen-bond acceptors (Lipinski definition) is 2. The molecule has 0 amide bonds. The lowest BCUT2D eigenvalue weighted by Gasteiger charge is -2.14. The first-order valence-corrected chi connectivity index (χ1v) is 8.20.